The highest BCUT2D eigenvalue weighted by Crippen LogP contribution is 2.24. The van der Waals surface area contributed by atoms with Gasteiger partial charge in [0.2, 0.25) is 0 Å². The summed E-state index contributed by atoms with van der Waals surface area (Å²) < 4.78 is 1.71. The lowest BCUT2D eigenvalue weighted by Gasteiger charge is -2.04. The molecule has 19 heavy (non-hydrogen) atoms. The van der Waals surface area contributed by atoms with E-state index in [1.54, 1.807) is 10.9 Å². The first-order valence-electron chi connectivity index (χ1n) is 5.87. The van der Waals surface area contributed by atoms with E-state index in [9.17, 15) is 4.79 Å². The molecule has 0 fully saturated rings. The Labute approximate surface area is 114 Å². The van der Waals surface area contributed by atoms with Gasteiger partial charge in [-0.1, -0.05) is 11.3 Å². The molecule has 0 saturated carbocycles. The van der Waals surface area contributed by atoms with E-state index >= 15 is 0 Å². The van der Waals surface area contributed by atoms with E-state index in [0.717, 1.165) is 12.2 Å². The van der Waals surface area contributed by atoms with Gasteiger partial charge in [0.25, 0.3) is 5.91 Å². The number of hydrogen-bond acceptors (Lipinski definition) is 6. The number of hydrogen-bond donors (Lipinski definition) is 3. The van der Waals surface area contributed by atoms with Crippen LogP contribution in [0, 0.1) is 0 Å². The number of thiazole rings is 1. The van der Waals surface area contributed by atoms with E-state index in [1.807, 2.05) is 20.0 Å². The molecule has 8 heteroatoms. The van der Waals surface area contributed by atoms with Crippen molar-refractivity contribution in [3.05, 3.63) is 22.8 Å². The number of carbonyl (C=O) groups is 1. The fraction of sp³-hybridized carbons (Fsp3) is 0.364. The number of rotatable bonds is 5. The molecule has 102 valence electrons. The largest absolute Gasteiger partial charge is 0.382 e. The molecule has 2 aromatic heterocycles. The van der Waals surface area contributed by atoms with E-state index < -0.39 is 0 Å². The maximum absolute atomic E-state index is 12.0. The van der Waals surface area contributed by atoms with Crippen molar-refractivity contribution in [3.63, 3.8) is 0 Å². The summed E-state index contributed by atoms with van der Waals surface area (Å²) in [6.07, 6.45) is 1.69. The molecule has 0 saturated heterocycles. The van der Waals surface area contributed by atoms with E-state index in [1.165, 1.54) is 11.3 Å². The molecule has 0 unspecified atom stereocenters. The molecule has 0 radical (unpaired) electrons. The lowest BCUT2D eigenvalue weighted by Crippen LogP contribution is -2.24. The van der Waals surface area contributed by atoms with Crippen molar-refractivity contribution in [2.24, 2.45) is 7.05 Å². The van der Waals surface area contributed by atoms with Crippen molar-refractivity contribution in [3.8, 4) is 0 Å². The Balaban J connectivity index is 2.02. The minimum absolute atomic E-state index is 0.222. The molecule has 0 aliphatic heterocycles. The predicted octanol–water partition coefficient (Wildman–Crippen LogP) is 0.821. The van der Waals surface area contributed by atoms with Gasteiger partial charge in [0.1, 0.15) is 10.7 Å². The van der Waals surface area contributed by atoms with Crippen LogP contribution in [-0.2, 0) is 13.6 Å². The second-order valence-corrected chi connectivity index (χ2v) is 4.89. The number of nitrogen functional groups attached to an aromatic ring is 1. The first-order chi connectivity index (χ1) is 9.11. The van der Waals surface area contributed by atoms with E-state index in [2.05, 4.69) is 20.7 Å². The summed E-state index contributed by atoms with van der Waals surface area (Å²) in [5.41, 5.74) is 6.65. The lowest BCUT2D eigenvalue weighted by atomic mass is 10.4. The van der Waals surface area contributed by atoms with Crippen LogP contribution in [0.1, 0.15) is 22.3 Å². The quantitative estimate of drug-likeness (QED) is 0.753. The number of aryl methyl sites for hydroxylation is 1. The van der Waals surface area contributed by atoms with Crippen molar-refractivity contribution in [1.82, 2.24) is 20.1 Å². The first kappa shape index (κ1) is 13.3. The molecule has 7 nitrogen and oxygen atoms in total. The summed E-state index contributed by atoms with van der Waals surface area (Å²) in [4.78, 5) is 16.5. The van der Waals surface area contributed by atoms with Crippen LogP contribution in [0.4, 0.5) is 10.9 Å². The molecule has 2 rings (SSSR count). The smallest absolute Gasteiger partial charge is 0.265 e. The van der Waals surface area contributed by atoms with Crippen LogP contribution in [0.3, 0.4) is 0 Å². The maximum Gasteiger partial charge on any atom is 0.265 e. The van der Waals surface area contributed by atoms with Crippen LogP contribution >= 0.6 is 11.3 Å². The van der Waals surface area contributed by atoms with Crippen molar-refractivity contribution < 1.29 is 4.79 Å². The van der Waals surface area contributed by atoms with Gasteiger partial charge in [0.15, 0.2) is 5.13 Å². The average Bonchev–Trinajstić information content (AvgIpc) is 2.93. The Morgan fingerprint density at radius 2 is 2.37 bits per heavy atom. The Morgan fingerprint density at radius 3 is 3.00 bits per heavy atom. The molecular formula is C11H16N6OS. The summed E-state index contributed by atoms with van der Waals surface area (Å²) in [5.74, 6) is 0.0313. The second kappa shape index (κ2) is 5.70. The van der Waals surface area contributed by atoms with E-state index in [0.29, 0.717) is 16.6 Å². The minimum Gasteiger partial charge on any atom is -0.382 e. The Hall–Kier alpha value is -2.09. The predicted molar refractivity (Wildman–Crippen MR) is 75.1 cm³/mol. The van der Waals surface area contributed by atoms with Crippen LogP contribution in [0.25, 0.3) is 0 Å². The third-order valence-electron chi connectivity index (χ3n) is 2.54. The van der Waals surface area contributed by atoms with Crippen molar-refractivity contribution in [1.29, 1.82) is 0 Å². The zero-order chi connectivity index (χ0) is 13.8. The summed E-state index contributed by atoms with van der Waals surface area (Å²) in [6.45, 7) is 3.10. The van der Waals surface area contributed by atoms with Crippen LogP contribution in [0.2, 0.25) is 0 Å². The molecule has 1 amide bonds. The lowest BCUT2D eigenvalue weighted by molar-refractivity contribution is 0.0955. The van der Waals surface area contributed by atoms with Gasteiger partial charge in [-0.2, -0.15) is 5.10 Å². The minimum atomic E-state index is -0.222. The van der Waals surface area contributed by atoms with Gasteiger partial charge < -0.3 is 16.4 Å². The molecule has 0 aliphatic rings. The van der Waals surface area contributed by atoms with Crippen molar-refractivity contribution in [2.45, 2.75) is 13.5 Å². The van der Waals surface area contributed by atoms with Crippen molar-refractivity contribution >= 4 is 28.2 Å². The average molecular weight is 280 g/mol. The van der Waals surface area contributed by atoms with Gasteiger partial charge in [-0.05, 0) is 13.0 Å². The zero-order valence-electron chi connectivity index (χ0n) is 10.8. The van der Waals surface area contributed by atoms with Crippen LogP contribution < -0.4 is 16.4 Å². The fourth-order valence-corrected chi connectivity index (χ4v) is 2.42. The van der Waals surface area contributed by atoms with Crippen LogP contribution in [-0.4, -0.2) is 27.2 Å². The van der Waals surface area contributed by atoms with E-state index in [-0.39, 0.29) is 11.7 Å². The topological polar surface area (TPSA) is 97.9 Å². The second-order valence-electron chi connectivity index (χ2n) is 3.89. The third kappa shape index (κ3) is 3.02. The van der Waals surface area contributed by atoms with Gasteiger partial charge in [0, 0.05) is 19.8 Å². The normalized spacial score (nSPS) is 10.4. The fourth-order valence-electron chi connectivity index (χ4n) is 1.55. The molecule has 0 bridgehead atoms. The highest BCUT2D eigenvalue weighted by Gasteiger charge is 2.15. The number of anilines is 2. The third-order valence-corrected chi connectivity index (χ3v) is 3.57. The SMILES string of the molecule is CCNc1nc(N)c(C(=O)NCc2ccnn2C)s1. The summed E-state index contributed by atoms with van der Waals surface area (Å²) >= 11 is 1.25. The number of aromatic nitrogens is 3. The van der Waals surface area contributed by atoms with Gasteiger partial charge in [-0.25, -0.2) is 4.98 Å². The number of nitrogens with one attached hydrogen (secondary N) is 2. The Bertz CT molecular complexity index is 576. The van der Waals surface area contributed by atoms with Gasteiger partial charge in [-0.3, -0.25) is 9.48 Å². The standard InChI is InChI=1S/C11H16N6OS/c1-3-13-11-16-9(12)8(19-11)10(18)14-6-7-4-5-15-17(7)2/h4-5H,3,6,12H2,1-2H3,(H,13,16)(H,14,18). The molecule has 2 aromatic rings. The van der Waals surface area contributed by atoms with Crippen molar-refractivity contribution in [2.75, 3.05) is 17.6 Å². The number of carbonyl (C=O) groups excluding carboxylic acids is 1. The van der Waals surface area contributed by atoms with Gasteiger partial charge in [-0.15, -0.1) is 0 Å². The highest BCUT2D eigenvalue weighted by atomic mass is 32.1. The molecule has 0 atom stereocenters. The number of nitrogens with zero attached hydrogens (tertiary/aromatic N) is 3. The molecule has 0 aliphatic carbocycles. The maximum atomic E-state index is 12.0. The molecular weight excluding hydrogens is 264 g/mol. The van der Waals surface area contributed by atoms with Gasteiger partial charge >= 0.3 is 0 Å². The first-order valence-corrected chi connectivity index (χ1v) is 6.68. The van der Waals surface area contributed by atoms with Crippen LogP contribution in [0.5, 0.6) is 0 Å². The summed E-state index contributed by atoms with van der Waals surface area (Å²) in [5, 5.41) is 10.5. The highest BCUT2D eigenvalue weighted by molar-refractivity contribution is 7.18. The summed E-state index contributed by atoms with van der Waals surface area (Å²) in [7, 11) is 1.83. The Morgan fingerprint density at radius 1 is 1.58 bits per heavy atom. The zero-order valence-corrected chi connectivity index (χ0v) is 11.6. The summed E-state index contributed by atoms with van der Waals surface area (Å²) in [6, 6.07) is 1.85. The molecule has 0 aromatic carbocycles. The van der Waals surface area contributed by atoms with Gasteiger partial charge in [0.05, 0.1) is 12.2 Å². The Kier molecular flexibility index (Phi) is 4.00. The molecule has 0 spiro atoms. The molecule has 4 N–H and O–H groups in total. The monoisotopic (exact) mass is 280 g/mol. The number of amides is 1. The molecule has 2 heterocycles. The van der Waals surface area contributed by atoms with Crippen LogP contribution in [0.15, 0.2) is 12.3 Å². The number of nitrogens with two attached hydrogens (primary N) is 1. The van der Waals surface area contributed by atoms with E-state index in [4.69, 9.17) is 5.73 Å².